The Labute approximate surface area is 101 Å². The van der Waals surface area contributed by atoms with Crippen molar-refractivity contribution in [3.05, 3.63) is 30.1 Å². The van der Waals surface area contributed by atoms with E-state index in [9.17, 15) is 8.42 Å². The minimum absolute atomic E-state index is 0.0258. The second-order valence-electron chi connectivity index (χ2n) is 4.46. The van der Waals surface area contributed by atoms with Gasteiger partial charge in [0.15, 0.2) is 9.84 Å². The van der Waals surface area contributed by atoms with Crippen LogP contribution < -0.4 is 11.3 Å². The lowest BCUT2D eigenvalue weighted by atomic mass is 9.95. The highest BCUT2D eigenvalue weighted by Gasteiger charge is 2.33. The zero-order valence-corrected chi connectivity index (χ0v) is 10.4. The molecule has 2 atom stereocenters. The van der Waals surface area contributed by atoms with E-state index in [0.717, 1.165) is 5.69 Å². The first-order chi connectivity index (χ1) is 8.11. The van der Waals surface area contributed by atoms with Crippen molar-refractivity contribution in [2.45, 2.75) is 18.9 Å². The van der Waals surface area contributed by atoms with Gasteiger partial charge in [-0.25, -0.2) is 8.42 Å². The molecule has 3 N–H and O–H groups in total. The van der Waals surface area contributed by atoms with Crippen molar-refractivity contribution in [2.24, 2.45) is 11.8 Å². The number of nitrogens with one attached hydrogen (secondary N) is 1. The molecule has 5 nitrogen and oxygen atoms in total. The van der Waals surface area contributed by atoms with E-state index in [4.69, 9.17) is 5.84 Å². The van der Waals surface area contributed by atoms with E-state index in [2.05, 4.69) is 10.4 Å². The molecule has 0 amide bonds. The normalized spacial score (nSPS) is 24.6. The standard InChI is InChI=1S/C11H17N3O2S/c12-14-11(7-10-3-1-2-5-13-10)9-4-6-17(15,16)8-9/h1-3,5,9,11,14H,4,6-8,12H2. The summed E-state index contributed by atoms with van der Waals surface area (Å²) in [5.74, 6) is 6.11. The SMILES string of the molecule is NNC(Cc1ccccn1)C1CCS(=O)(=O)C1. The smallest absolute Gasteiger partial charge is 0.150 e. The van der Waals surface area contributed by atoms with Gasteiger partial charge in [-0.15, -0.1) is 0 Å². The van der Waals surface area contributed by atoms with Gasteiger partial charge in [0.2, 0.25) is 0 Å². The Hall–Kier alpha value is -0.980. The van der Waals surface area contributed by atoms with Crippen LogP contribution in [0, 0.1) is 5.92 Å². The highest BCUT2D eigenvalue weighted by molar-refractivity contribution is 7.91. The monoisotopic (exact) mass is 255 g/mol. The van der Waals surface area contributed by atoms with Crippen molar-refractivity contribution in [1.29, 1.82) is 0 Å². The number of hydrogen-bond acceptors (Lipinski definition) is 5. The van der Waals surface area contributed by atoms with Gasteiger partial charge in [0.05, 0.1) is 11.5 Å². The molecule has 0 aromatic carbocycles. The predicted octanol–water partition coefficient (Wildman–Crippen LogP) is -0.109. The second-order valence-corrected chi connectivity index (χ2v) is 6.69. The van der Waals surface area contributed by atoms with Gasteiger partial charge < -0.3 is 0 Å². The minimum atomic E-state index is -2.86. The van der Waals surface area contributed by atoms with Crippen LogP contribution in [0.1, 0.15) is 12.1 Å². The number of aromatic nitrogens is 1. The third kappa shape index (κ3) is 3.24. The highest BCUT2D eigenvalue weighted by atomic mass is 32.2. The molecule has 1 fully saturated rings. The fraction of sp³-hybridized carbons (Fsp3) is 0.545. The van der Waals surface area contributed by atoms with Crippen molar-refractivity contribution >= 4 is 9.84 Å². The molecule has 6 heteroatoms. The summed E-state index contributed by atoms with van der Waals surface area (Å²) in [6.45, 7) is 0. The van der Waals surface area contributed by atoms with Crippen LogP contribution in [-0.2, 0) is 16.3 Å². The maximum atomic E-state index is 11.4. The van der Waals surface area contributed by atoms with Crippen LogP contribution in [0.25, 0.3) is 0 Å². The fourth-order valence-corrected chi connectivity index (χ4v) is 4.13. The van der Waals surface area contributed by atoms with Crippen LogP contribution in [0.4, 0.5) is 0 Å². The van der Waals surface area contributed by atoms with E-state index < -0.39 is 9.84 Å². The van der Waals surface area contributed by atoms with Gasteiger partial charge in [0.1, 0.15) is 0 Å². The average molecular weight is 255 g/mol. The Bertz CT molecular complexity index is 461. The van der Waals surface area contributed by atoms with Gasteiger partial charge in [0, 0.05) is 24.4 Å². The van der Waals surface area contributed by atoms with Gasteiger partial charge >= 0.3 is 0 Å². The highest BCUT2D eigenvalue weighted by Crippen LogP contribution is 2.23. The fourth-order valence-electron chi connectivity index (χ4n) is 2.25. The van der Waals surface area contributed by atoms with Crippen LogP contribution in [0.3, 0.4) is 0 Å². The number of nitrogens with zero attached hydrogens (tertiary/aromatic N) is 1. The number of nitrogens with two attached hydrogens (primary N) is 1. The summed E-state index contributed by atoms with van der Waals surface area (Å²) in [6.07, 6.45) is 3.08. The molecule has 1 saturated heterocycles. The van der Waals surface area contributed by atoms with Crippen molar-refractivity contribution < 1.29 is 8.42 Å². The van der Waals surface area contributed by atoms with E-state index in [1.165, 1.54) is 0 Å². The molecular formula is C11H17N3O2S. The molecule has 1 aliphatic heterocycles. The number of hydrogen-bond donors (Lipinski definition) is 2. The first-order valence-corrected chi connectivity index (χ1v) is 7.49. The van der Waals surface area contributed by atoms with Crippen LogP contribution >= 0.6 is 0 Å². The van der Waals surface area contributed by atoms with Crippen molar-refractivity contribution in [2.75, 3.05) is 11.5 Å². The Morgan fingerprint density at radius 3 is 2.88 bits per heavy atom. The molecule has 0 aliphatic carbocycles. The number of hydrazine groups is 1. The zero-order valence-electron chi connectivity index (χ0n) is 9.54. The van der Waals surface area contributed by atoms with Crippen molar-refractivity contribution in [1.82, 2.24) is 10.4 Å². The Morgan fingerprint density at radius 1 is 1.53 bits per heavy atom. The summed E-state index contributed by atoms with van der Waals surface area (Å²) in [5.41, 5.74) is 3.66. The molecule has 1 aromatic rings. The van der Waals surface area contributed by atoms with Gasteiger partial charge in [0.25, 0.3) is 0 Å². The number of pyridine rings is 1. The lowest BCUT2D eigenvalue weighted by Gasteiger charge is -2.21. The lowest BCUT2D eigenvalue weighted by molar-refractivity contribution is 0.382. The van der Waals surface area contributed by atoms with Crippen LogP contribution in [0.15, 0.2) is 24.4 Å². The summed E-state index contributed by atoms with van der Waals surface area (Å²) >= 11 is 0. The van der Waals surface area contributed by atoms with E-state index in [-0.39, 0.29) is 23.5 Å². The van der Waals surface area contributed by atoms with Gasteiger partial charge in [-0.3, -0.25) is 16.3 Å². The molecule has 0 radical (unpaired) electrons. The largest absolute Gasteiger partial charge is 0.271 e. The molecule has 2 unspecified atom stereocenters. The molecule has 17 heavy (non-hydrogen) atoms. The van der Waals surface area contributed by atoms with Crippen LogP contribution in [0.2, 0.25) is 0 Å². The lowest BCUT2D eigenvalue weighted by Crippen LogP contribution is -2.43. The maximum Gasteiger partial charge on any atom is 0.150 e. The summed E-state index contributed by atoms with van der Waals surface area (Å²) in [4.78, 5) is 4.23. The topological polar surface area (TPSA) is 85.1 Å². The van der Waals surface area contributed by atoms with Gasteiger partial charge in [-0.2, -0.15) is 0 Å². The Morgan fingerprint density at radius 2 is 2.35 bits per heavy atom. The summed E-state index contributed by atoms with van der Waals surface area (Å²) in [7, 11) is -2.86. The summed E-state index contributed by atoms with van der Waals surface area (Å²) in [6, 6.07) is 5.67. The van der Waals surface area contributed by atoms with Crippen LogP contribution in [0.5, 0.6) is 0 Å². The zero-order chi connectivity index (χ0) is 12.3. The van der Waals surface area contributed by atoms with Gasteiger partial charge in [-0.1, -0.05) is 6.07 Å². The molecule has 0 spiro atoms. The van der Waals surface area contributed by atoms with E-state index in [0.29, 0.717) is 12.8 Å². The molecule has 2 rings (SSSR count). The van der Waals surface area contributed by atoms with E-state index >= 15 is 0 Å². The van der Waals surface area contributed by atoms with Gasteiger partial charge in [-0.05, 0) is 24.5 Å². The molecule has 2 heterocycles. The third-order valence-electron chi connectivity index (χ3n) is 3.21. The third-order valence-corrected chi connectivity index (χ3v) is 5.00. The van der Waals surface area contributed by atoms with E-state index in [1.807, 2.05) is 18.2 Å². The molecule has 1 aromatic heterocycles. The summed E-state index contributed by atoms with van der Waals surface area (Å²) < 4.78 is 22.9. The first-order valence-electron chi connectivity index (χ1n) is 5.67. The van der Waals surface area contributed by atoms with Crippen molar-refractivity contribution in [3.63, 3.8) is 0 Å². The quantitative estimate of drug-likeness (QED) is 0.579. The maximum absolute atomic E-state index is 11.4. The minimum Gasteiger partial charge on any atom is -0.271 e. The Kier molecular flexibility index (Phi) is 3.76. The van der Waals surface area contributed by atoms with Crippen molar-refractivity contribution in [3.8, 4) is 0 Å². The molecule has 94 valence electrons. The Balaban J connectivity index is 2.03. The number of sulfone groups is 1. The summed E-state index contributed by atoms with van der Waals surface area (Å²) in [5, 5.41) is 0. The molecular weight excluding hydrogens is 238 g/mol. The molecule has 0 saturated carbocycles. The van der Waals surface area contributed by atoms with Crippen LogP contribution in [-0.4, -0.2) is 30.9 Å². The average Bonchev–Trinajstić information content (AvgIpc) is 2.68. The predicted molar refractivity (Wildman–Crippen MR) is 65.8 cm³/mol. The molecule has 1 aliphatic rings. The first kappa shape index (κ1) is 12.5. The van der Waals surface area contributed by atoms with E-state index in [1.54, 1.807) is 6.20 Å². The number of rotatable bonds is 4. The second kappa shape index (κ2) is 5.12. The molecule has 0 bridgehead atoms.